The van der Waals surface area contributed by atoms with Gasteiger partial charge >= 0.3 is 0 Å². The first-order valence-corrected chi connectivity index (χ1v) is 12.4. The minimum Gasteiger partial charge on any atom is -0.507 e. The van der Waals surface area contributed by atoms with Crippen molar-refractivity contribution in [3.8, 4) is 22.9 Å². The number of hydrogen-bond acceptors (Lipinski definition) is 4. The molecule has 0 aliphatic carbocycles. The summed E-state index contributed by atoms with van der Waals surface area (Å²) in [6, 6.07) is 35.2. The summed E-state index contributed by atoms with van der Waals surface area (Å²) in [6.45, 7) is 0. The summed E-state index contributed by atoms with van der Waals surface area (Å²) >= 11 is 0. The van der Waals surface area contributed by atoms with E-state index in [2.05, 4.69) is 21.3 Å². The van der Waals surface area contributed by atoms with Crippen molar-refractivity contribution in [1.82, 2.24) is 19.1 Å². The maximum atomic E-state index is 11.6. The average molecular weight is 688 g/mol. The fourth-order valence-corrected chi connectivity index (χ4v) is 5.60. The van der Waals surface area contributed by atoms with Gasteiger partial charge in [0.1, 0.15) is 33.8 Å². The molecule has 0 saturated carbocycles. The number of nitrogens with zero attached hydrogens (tertiary/aromatic N) is 4. The molecule has 3 aromatic heterocycles. The largest absolute Gasteiger partial charge is 0.507 e. The first-order valence-electron chi connectivity index (χ1n) is 12.4. The molecule has 0 saturated heterocycles. The van der Waals surface area contributed by atoms with Crippen LogP contribution >= 0.6 is 0 Å². The first-order chi connectivity index (χ1) is 18.7. The summed E-state index contributed by atoms with van der Waals surface area (Å²) in [5, 5.41) is 25.4. The van der Waals surface area contributed by atoms with E-state index in [0.29, 0.717) is 32.8 Å². The zero-order valence-electron chi connectivity index (χ0n) is 20.4. The van der Waals surface area contributed by atoms with Gasteiger partial charge in [-0.1, -0.05) is 60.7 Å². The van der Waals surface area contributed by atoms with E-state index >= 15 is 0 Å². The summed E-state index contributed by atoms with van der Waals surface area (Å²) < 4.78 is 4.12. The molecule has 6 nitrogen and oxygen atoms in total. The molecule has 7 heteroatoms. The van der Waals surface area contributed by atoms with Gasteiger partial charge in [0, 0.05) is 43.2 Å². The van der Waals surface area contributed by atoms with Gasteiger partial charge in [-0.2, -0.15) is 0 Å². The van der Waals surface area contributed by atoms with Crippen molar-refractivity contribution in [2.75, 3.05) is 0 Å². The zero-order chi connectivity index (χ0) is 25.4. The van der Waals surface area contributed by atoms with E-state index in [1.54, 1.807) is 0 Å². The molecule has 39 heavy (non-hydrogen) atoms. The number of aromatic hydroxyl groups is 2. The summed E-state index contributed by atoms with van der Waals surface area (Å²) in [6.07, 6.45) is 0. The number of aromatic nitrogens is 4. The van der Waals surface area contributed by atoms with E-state index in [4.69, 9.17) is 9.97 Å². The van der Waals surface area contributed by atoms with Gasteiger partial charge in [-0.05, 0) is 48.5 Å². The van der Waals surface area contributed by atoms with Gasteiger partial charge in [-0.15, -0.1) is 0 Å². The minimum atomic E-state index is 0. The summed E-state index contributed by atoms with van der Waals surface area (Å²) in [4.78, 5) is 10.2. The van der Waals surface area contributed by atoms with Crippen molar-refractivity contribution < 1.29 is 31.3 Å². The van der Waals surface area contributed by atoms with Crippen LogP contribution in [0.5, 0.6) is 11.5 Å². The normalized spacial score (nSPS) is 11.6. The van der Waals surface area contributed by atoms with Crippen LogP contribution in [0.15, 0.2) is 109 Å². The summed E-state index contributed by atoms with van der Waals surface area (Å²) in [7, 11) is 0. The monoisotopic (exact) mass is 687 g/mol. The Kier molecular flexibility index (Phi) is 5.22. The average Bonchev–Trinajstić information content (AvgIpc) is 3.53. The SMILES string of the molecule is Oc1c2cccc1c1nc3c4nc(c5cccc2c5O)n(-c2ccccc2)c4ccc3n1-c1ccccc1.[Pt]. The zero-order valence-corrected chi connectivity index (χ0v) is 22.7. The van der Waals surface area contributed by atoms with E-state index in [0.717, 1.165) is 33.4 Å². The third kappa shape index (κ3) is 3.25. The van der Waals surface area contributed by atoms with Crippen LogP contribution in [0, 0.1) is 0 Å². The molecule has 0 aliphatic heterocycles. The van der Waals surface area contributed by atoms with Gasteiger partial charge in [-0.3, -0.25) is 9.13 Å². The van der Waals surface area contributed by atoms with Crippen LogP contribution < -0.4 is 0 Å². The Bertz CT molecular complexity index is 2050. The Morgan fingerprint density at radius 3 is 1.23 bits per heavy atom. The van der Waals surface area contributed by atoms with Crippen molar-refractivity contribution in [2.24, 2.45) is 0 Å². The molecule has 2 N–H and O–H groups in total. The van der Waals surface area contributed by atoms with Crippen LogP contribution in [0.2, 0.25) is 0 Å². The number of para-hydroxylation sites is 4. The fourth-order valence-electron chi connectivity index (χ4n) is 5.60. The number of phenolic OH excluding ortho intramolecular Hbond substituents is 2. The smallest absolute Gasteiger partial charge is 0.149 e. The molecule has 8 bridgehead atoms. The van der Waals surface area contributed by atoms with Crippen LogP contribution in [0.3, 0.4) is 0 Å². The molecule has 8 aromatic rings. The third-order valence-corrected chi connectivity index (χ3v) is 7.32. The first kappa shape index (κ1) is 23.4. The fraction of sp³-hybridized carbons (Fsp3) is 0. The number of phenols is 2. The van der Waals surface area contributed by atoms with Gasteiger partial charge in [0.05, 0.1) is 21.8 Å². The summed E-state index contributed by atoms with van der Waals surface area (Å²) in [5.74, 6) is 0.125. The predicted molar refractivity (Wildman–Crippen MR) is 152 cm³/mol. The quantitative estimate of drug-likeness (QED) is 0.201. The molecule has 0 fully saturated rings. The van der Waals surface area contributed by atoms with E-state index in [1.807, 2.05) is 97.1 Å². The van der Waals surface area contributed by atoms with Gasteiger partial charge in [0.2, 0.25) is 0 Å². The van der Waals surface area contributed by atoms with Crippen molar-refractivity contribution in [3.05, 3.63) is 109 Å². The van der Waals surface area contributed by atoms with Crippen molar-refractivity contribution in [3.63, 3.8) is 0 Å². The number of benzene rings is 5. The van der Waals surface area contributed by atoms with Crippen molar-refractivity contribution in [2.45, 2.75) is 0 Å². The maximum Gasteiger partial charge on any atom is 0.149 e. The Labute approximate surface area is 236 Å². The molecule has 3 heterocycles. The molecule has 0 unspecified atom stereocenters. The number of fused-ring (bicyclic) bond motifs is 9. The molecule has 0 aliphatic rings. The van der Waals surface area contributed by atoms with Crippen molar-refractivity contribution in [1.29, 1.82) is 0 Å². The van der Waals surface area contributed by atoms with Gasteiger partial charge < -0.3 is 10.2 Å². The van der Waals surface area contributed by atoms with Gasteiger partial charge in [-0.25, -0.2) is 9.97 Å². The third-order valence-electron chi connectivity index (χ3n) is 7.32. The van der Waals surface area contributed by atoms with Crippen LogP contribution in [-0.4, -0.2) is 29.3 Å². The topological polar surface area (TPSA) is 76.1 Å². The van der Waals surface area contributed by atoms with E-state index in [1.165, 1.54) is 0 Å². The van der Waals surface area contributed by atoms with Crippen LogP contribution in [0.4, 0.5) is 0 Å². The van der Waals surface area contributed by atoms with Crippen molar-refractivity contribution >= 4 is 54.9 Å². The molecule has 0 radical (unpaired) electrons. The molecule has 190 valence electrons. The Morgan fingerprint density at radius 2 is 0.821 bits per heavy atom. The second-order valence-corrected chi connectivity index (χ2v) is 9.42. The molecule has 0 spiro atoms. The maximum absolute atomic E-state index is 11.6. The standard InChI is InChI=1S/C32H20N4O2.Pt/c37-29-21-13-7-15-23(29)31-33-27-25(35(31)19-9-3-1-4-10-19)17-18-26-28(27)34-32(24-16-8-14-22(21)30(24)38)36(26)20-11-5-2-6-12-20;/h1-18,37-38H;. The van der Waals surface area contributed by atoms with E-state index in [9.17, 15) is 10.2 Å². The van der Waals surface area contributed by atoms with E-state index in [-0.39, 0.29) is 32.6 Å². The van der Waals surface area contributed by atoms with Crippen LogP contribution in [-0.2, 0) is 21.1 Å². The minimum absolute atomic E-state index is 0. The Hall–Kier alpha value is -4.67. The molecule has 8 rings (SSSR count). The van der Waals surface area contributed by atoms with Gasteiger partial charge in [0.25, 0.3) is 0 Å². The summed E-state index contributed by atoms with van der Waals surface area (Å²) in [5.41, 5.74) is 6.25. The van der Waals surface area contributed by atoms with Crippen LogP contribution in [0.1, 0.15) is 0 Å². The Balaban J connectivity index is 0.00000253. The predicted octanol–water partition coefficient (Wildman–Crippen LogP) is 7.23. The second kappa shape index (κ2) is 8.69. The molecular formula is C32H20N4O2Pt. The molecule has 0 atom stereocenters. The molecule has 5 aromatic carbocycles. The Morgan fingerprint density at radius 1 is 0.436 bits per heavy atom. The van der Waals surface area contributed by atoms with Gasteiger partial charge in [0.15, 0.2) is 0 Å². The molecule has 0 amide bonds. The number of rotatable bonds is 2. The number of hydrogen-bond donors (Lipinski definition) is 2. The number of imidazole rings is 2. The second-order valence-electron chi connectivity index (χ2n) is 9.42. The molecular weight excluding hydrogens is 667 g/mol. The van der Waals surface area contributed by atoms with E-state index < -0.39 is 0 Å². The van der Waals surface area contributed by atoms with Crippen LogP contribution in [0.25, 0.3) is 66.3 Å².